The van der Waals surface area contributed by atoms with E-state index in [0.29, 0.717) is 0 Å². The van der Waals surface area contributed by atoms with Crippen molar-refractivity contribution in [2.24, 2.45) is 5.92 Å². The molecule has 0 bridgehead atoms. The standard InChI is InChI=1S/C13H19NO2/c1-4-10(3)12(13(15)16)14-11-7-5-6-9(2)8-11/h5-8,10,12,14H,4H2,1-3H3,(H,15,16). The number of aliphatic carboxylic acids is 1. The Kier molecular flexibility index (Phi) is 4.35. The molecule has 3 nitrogen and oxygen atoms in total. The van der Waals surface area contributed by atoms with Gasteiger partial charge in [-0.2, -0.15) is 0 Å². The van der Waals surface area contributed by atoms with Gasteiger partial charge in [0.05, 0.1) is 0 Å². The number of nitrogens with one attached hydrogen (secondary N) is 1. The minimum atomic E-state index is -0.796. The molecule has 16 heavy (non-hydrogen) atoms. The average molecular weight is 221 g/mol. The van der Waals surface area contributed by atoms with E-state index in [9.17, 15) is 4.79 Å². The summed E-state index contributed by atoms with van der Waals surface area (Å²) in [7, 11) is 0. The Hall–Kier alpha value is -1.51. The number of benzene rings is 1. The smallest absolute Gasteiger partial charge is 0.326 e. The van der Waals surface area contributed by atoms with Gasteiger partial charge in [0.2, 0.25) is 0 Å². The molecule has 0 spiro atoms. The summed E-state index contributed by atoms with van der Waals surface area (Å²) in [6.45, 7) is 5.93. The topological polar surface area (TPSA) is 49.3 Å². The molecule has 1 aromatic rings. The minimum Gasteiger partial charge on any atom is -0.480 e. The number of rotatable bonds is 5. The van der Waals surface area contributed by atoms with Crippen LogP contribution >= 0.6 is 0 Å². The maximum Gasteiger partial charge on any atom is 0.326 e. The van der Waals surface area contributed by atoms with Crippen LogP contribution in [0.2, 0.25) is 0 Å². The van der Waals surface area contributed by atoms with Crippen molar-refractivity contribution in [1.29, 1.82) is 0 Å². The lowest BCUT2D eigenvalue weighted by molar-refractivity contribution is -0.139. The fraction of sp³-hybridized carbons (Fsp3) is 0.462. The highest BCUT2D eigenvalue weighted by molar-refractivity contribution is 5.77. The molecule has 0 saturated carbocycles. The van der Waals surface area contributed by atoms with Crippen LogP contribution in [0.4, 0.5) is 5.69 Å². The summed E-state index contributed by atoms with van der Waals surface area (Å²) in [6, 6.07) is 7.24. The molecule has 2 unspecified atom stereocenters. The Morgan fingerprint density at radius 1 is 1.50 bits per heavy atom. The third-order valence-corrected chi connectivity index (χ3v) is 2.82. The molecule has 0 aliphatic carbocycles. The SMILES string of the molecule is CCC(C)C(Nc1cccc(C)c1)C(=O)O. The van der Waals surface area contributed by atoms with Gasteiger partial charge in [-0.3, -0.25) is 0 Å². The molecule has 0 aromatic heterocycles. The second-order valence-electron chi connectivity index (χ2n) is 4.22. The predicted octanol–water partition coefficient (Wildman–Crippen LogP) is 2.91. The lowest BCUT2D eigenvalue weighted by atomic mass is 9.99. The molecule has 2 N–H and O–H groups in total. The second-order valence-corrected chi connectivity index (χ2v) is 4.22. The fourth-order valence-electron chi connectivity index (χ4n) is 1.60. The average Bonchev–Trinajstić information content (AvgIpc) is 2.24. The Bertz CT molecular complexity index is 363. The molecule has 0 fully saturated rings. The van der Waals surface area contributed by atoms with Gasteiger partial charge in [0.1, 0.15) is 6.04 Å². The number of hydrogen-bond donors (Lipinski definition) is 2. The zero-order valence-electron chi connectivity index (χ0n) is 10.0. The molecule has 88 valence electrons. The first-order valence-corrected chi connectivity index (χ1v) is 5.60. The molecule has 1 rings (SSSR count). The minimum absolute atomic E-state index is 0.109. The van der Waals surface area contributed by atoms with E-state index >= 15 is 0 Å². The Labute approximate surface area is 96.5 Å². The largest absolute Gasteiger partial charge is 0.480 e. The van der Waals surface area contributed by atoms with Gasteiger partial charge < -0.3 is 10.4 Å². The lowest BCUT2D eigenvalue weighted by Gasteiger charge is -2.21. The molecule has 0 radical (unpaired) electrons. The van der Waals surface area contributed by atoms with Gasteiger partial charge in [0.25, 0.3) is 0 Å². The number of aryl methyl sites for hydroxylation is 1. The molecule has 1 aromatic carbocycles. The predicted molar refractivity (Wildman–Crippen MR) is 65.7 cm³/mol. The summed E-state index contributed by atoms with van der Waals surface area (Å²) in [5.41, 5.74) is 1.99. The highest BCUT2D eigenvalue weighted by Gasteiger charge is 2.22. The summed E-state index contributed by atoms with van der Waals surface area (Å²) < 4.78 is 0. The van der Waals surface area contributed by atoms with Gasteiger partial charge in [0, 0.05) is 5.69 Å². The Morgan fingerprint density at radius 2 is 2.19 bits per heavy atom. The number of hydrogen-bond acceptors (Lipinski definition) is 2. The van der Waals surface area contributed by atoms with Crippen LogP contribution in [0.15, 0.2) is 24.3 Å². The van der Waals surface area contributed by atoms with Gasteiger partial charge in [-0.05, 0) is 30.5 Å². The summed E-state index contributed by atoms with van der Waals surface area (Å²) in [5, 5.41) is 12.2. The van der Waals surface area contributed by atoms with Crippen molar-refractivity contribution < 1.29 is 9.90 Å². The van der Waals surface area contributed by atoms with E-state index in [1.165, 1.54) is 0 Å². The van der Waals surface area contributed by atoms with Crippen LogP contribution in [0.1, 0.15) is 25.8 Å². The molecule has 0 amide bonds. The van der Waals surface area contributed by atoms with Crippen LogP contribution in [0.25, 0.3) is 0 Å². The van der Waals surface area contributed by atoms with Crippen LogP contribution in [-0.4, -0.2) is 17.1 Å². The molecule has 0 aliphatic heterocycles. The zero-order valence-corrected chi connectivity index (χ0v) is 10.0. The first-order valence-electron chi connectivity index (χ1n) is 5.60. The van der Waals surface area contributed by atoms with Crippen LogP contribution < -0.4 is 5.32 Å². The molecule has 3 heteroatoms. The Balaban J connectivity index is 2.79. The van der Waals surface area contributed by atoms with Crippen LogP contribution in [0.3, 0.4) is 0 Å². The van der Waals surface area contributed by atoms with E-state index in [-0.39, 0.29) is 5.92 Å². The Morgan fingerprint density at radius 3 is 2.69 bits per heavy atom. The summed E-state index contributed by atoms with van der Waals surface area (Å²) >= 11 is 0. The van der Waals surface area contributed by atoms with Crippen molar-refractivity contribution >= 4 is 11.7 Å². The van der Waals surface area contributed by atoms with Crippen LogP contribution in [0.5, 0.6) is 0 Å². The molecule has 2 atom stereocenters. The monoisotopic (exact) mass is 221 g/mol. The van der Waals surface area contributed by atoms with Crippen molar-refractivity contribution in [2.75, 3.05) is 5.32 Å². The quantitative estimate of drug-likeness (QED) is 0.803. The molecule has 0 saturated heterocycles. The van der Waals surface area contributed by atoms with Gasteiger partial charge in [-0.25, -0.2) is 4.79 Å². The van der Waals surface area contributed by atoms with Crippen molar-refractivity contribution in [3.8, 4) is 0 Å². The number of carbonyl (C=O) groups is 1. The molecular formula is C13H19NO2. The highest BCUT2D eigenvalue weighted by atomic mass is 16.4. The highest BCUT2D eigenvalue weighted by Crippen LogP contribution is 2.16. The van der Waals surface area contributed by atoms with E-state index in [4.69, 9.17) is 5.11 Å². The zero-order chi connectivity index (χ0) is 12.1. The van der Waals surface area contributed by atoms with E-state index in [0.717, 1.165) is 17.7 Å². The maximum absolute atomic E-state index is 11.1. The van der Waals surface area contributed by atoms with E-state index in [1.807, 2.05) is 45.0 Å². The number of carboxylic acids is 1. The first-order chi connectivity index (χ1) is 7.54. The normalized spacial score (nSPS) is 14.2. The van der Waals surface area contributed by atoms with Crippen molar-refractivity contribution in [3.05, 3.63) is 29.8 Å². The summed E-state index contributed by atoms with van der Waals surface area (Å²) in [5.74, 6) is -0.686. The van der Waals surface area contributed by atoms with Gasteiger partial charge in [-0.1, -0.05) is 32.4 Å². The fourth-order valence-corrected chi connectivity index (χ4v) is 1.60. The number of anilines is 1. The van der Waals surface area contributed by atoms with Gasteiger partial charge >= 0.3 is 5.97 Å². The van der Waals surface area contributed by atoms with Crippen molar-refractivity contribution in [2.45, 2.75) is 33.2 Å². The molecule has 0 heterocycles. The first kappa shape index (κ1) is 12.6. The molecule has 0 aliphatic rings. The summed E-state index contributed by atoms with van der Waals surface area (Å²) in [4.78, 5) is 11.1. The maximum atomic E-state index is 11.1. The van der Waals surface area contributed by atoms with Crippen LogP contribution in [-0.2, 0) is 4.79 Å². The number of carboxylic acid groups (broad SMARTS) is 1. The van der Waals surface area contributed by atoms with Gasteiger partial charge in [0.15, 0.2) is 0 Å². The van der Waals surface area contributed by atoms with Crippen molar-refractivity contribution in [1.82, 2.24) is 0 Å². The third-order valence-electron chi connectivity index (χ3n) is 2.82. The second kappa shape index (κ2) is 5.54. The third kappa shape index (κ3) is 3.26. The van der Waals surface area contributed by atoms with E-state index in [2.05, 4.69) is 5.32 Å². The van der Waals surface area contributed by atoms with Crippen molar-refractivity contribution in [3.63, 3.8) is 0 Å². The van der Waals surface area contributed by atoms with E-state index in [1.54, 1.807) is 0 Å². The van der Waals surface area contributed by atoms with E-state index < -0.39 is 12.0 Å². The lowest BCUT2D eigenvalue weighted by Crippen LogP contribution is -2.35. The summed E-state index contributed by atoms with van der Waals surface area (Å²) in [6.07, 6.45) is 0.843. The van der Waals surface area contributed by atoms with Gasteiger partial charge in [-0.15, -0.1) is 0 Å². The molecular weight excluding hydrogens is 202 g/mol. The van der Waals surface area contributed by atoms with Crippen LogP contribution in [0, 0.1) is 12.8 Å².